The number of ether oxygens (including phenoxy) is 1. The molecule has 0 radical (unpaired) electrons. The van der Waals surface area contributed by atoms with Gasteiger partial charge in [0.1, 0.15) is 18.3 Å². The monoisotopic (exact) mass is 329 g/mol. The highest BCUT2D eigenvalue weighted by Crippen LogP contribution is 2.52. The van der Waals surface area contributed by atoms with Crippen LogP contribution in [0.2, 0.25) is 0 Å². The van der Waals surface area contributed by atoms with Crippen LogP contribution in [0.3, 0.4) is 0 Å². The Bertz CT molecular complexity index is 689. The van der Waals surface area contributed by atoms with Gasteiger partial charge in [0, 0.05) is 0 Å². The largest absolute Gasteiger partial charge is 0.469 e. The smallest absolute Gasteiger partial charge is 0.314 e. The summed E-state index contributed by atoms with van der Waals surface area (Å²) in [5, 5.41) is 15.7. The van der Waals surface area contributed by atoms with Crippen molar-refractivity contribution < 1.29 is 14.6 Å². The summed E-state index contributed by atoms with van der Waals surface area (Å²) < 4.78 is 6.59. The van der Waals surface area contributed by atoms with Gasteiger partial charge >= 0.3 is 5.97 Å². The second-order valence-corrected chi connectivity index (χ2v) is 6.77. The van der Waals surface area contributed by atoms with E-state index in [1.165, 1.54) is 13.4 Å². The SMILES string of the molecule is COC(=O)C1(C)CCC(Cc2ccccc2)C1(O)Cn1cncn1. The fourth-order valence-corrected chi connectivity index (χ4v) is 3.91. The minimum absolute atomic E-state index is 0.0619. The quantitative estimate of drug-likeness (QED) is 0.847. The van der Waals surface area contributed by atoms with Crippen LogP contribution in [-0.2, 0) is 22.5 Å². The molecule has 2 aromatic rings. The van der Waals surface area contributed by atoms with E-state index in [0.29, 0.717) is 12.8 Å². The molecule has 1 aliphatic rings. The molecule has 0 amide bonds. The molecule has 0 spiro atoms. The number of carbonyl (C=O) groups excluding carboxylic acids is 1. The lowest BCUT2D eigenvalue weighted by atomic mass is 9.71. The van der Waals surface area contributed by atoms with Gasteiger partial charge in [0.2, 0.25) is 0 Å². The minimum atomic E-state index is -1.25. The zero-order valence-electron chi connectivity index (χ0n) is 14.1. The van der Waals surface area contributed by atoms with Gasteiger partial charge in [-0.05, 0) is 37.7 Å². The van der Waals surface area contributed by atoms with Crippen molar-refractivity contribution in [3.05, 3.63) is 48.5 Å². The van der Waals surface area contributed by atoms with Crippen LogP contribution < -0.4 is 0 Å². The van der Waals surface area contributed by atoms with Gasteiger partial charge in [-0.25, -0.2) is 4.98 Å². The first-order valence-corrected chi connectivity index (χ1v) is 8.17. The molecule has 1 saturated carbocycles. The molecule has 6 heteroatoms. The molecule has 0 saturated heterocycles. The molecule has 1 aromatic heterocycles. The fourth-order valence-electron chi connectivity index (χ4n) is 3.91. The number of rotatable bonds is 5. The Kier molecular flexibility index (Phi) is 4.41. The van der Waals surface area contributed by atoms with Crippen molar-refractivity contribution >= 4 is 5.97 Å². The van der Waals surface area contributed by atoms with Gasteiger partial charge in [-0.15, -0.1) is 0 Å². The summed E-state index contributed by atoms with van der Waals surface area (Å²) in [4.78, 5) is 16.4. The summed E-state index contributed by atoms with van der Waals surface area (Å²) in [6, 6.07) is 10.0. The van der Waals surface area contributed by atoms with E-state index in [2.05, 4.69) is 10.1 Å². The molecule has 24 heavy (non-hydrogen) atoms. The van der Waals surface area contributed by atoms with Gasteiger partial charge in [0.15, 0.2) is 0 Å². The van der Waals surface area contributed by atoms with Crippen molar-refractivity contribution in [2.24, 2.45) is 11.3 Å². The molecule has 3 unspecified atom stereocenters. The summed E-state index contributed by atoms with van der Waals surface area (Å²) in [6.07, 6.45) is 5.04. The van der Waals surface area contributed by atoms with Crippen LogP contribution in [0.4, 0.5) is 0 Å². The van der Waals surface area contributed by atoms with Gasteiger partial charge in [-0.3, -0.25) is 9.48 Å². The highest BCUT2D eigenvalue weighted by atomic mass is 16.5. The lowest BCUT2D eigenvalue weighted by molar-refractivity contribution is -0.173. The van der Waals surface area contributed by atoms with E-state index < -0.39 is 11.0 Å². The molecule has 128 valence electrons. The molecule has 1 aromatic carbocycles. The van der Waals surface area contributed by atoms with Crippen LogP contribution in [0, 0.1) is 11.3 Å². The maximum absolute atomic E-state index is 12.5. The molecule has 3 atom stereocenters. The van der Waals surface area contributed by atoms with Crippen LogP contribution in [0.25, 0.3) is 0 Å². The van der Waals surface area contributed by atoms with Gasteiger partial charge in [0.05, 0.1) is 19.1 Å². The van der Waals surface area contributed by atoms with Gasteiger partial charge in [-0.2, -0.15) is 5.10 Å². The molecule has 3 rings (SSSR count). The van der Waals surface area contributed by atoms with Crippen LogP contribution in [0.5, 0.6) is 0 Å². The maximum atomic E-state index is 12.5. The molecule has 1 heterocycles. The predicted octanol–water partition coefficient (Wildman–Crippen LogP) is 1.84. The van der Waals surface area contributed by atoms with Crippen molar-refractivity contribution in [1.82, 2.24) is 14.8 Å². The minimum Gasteiger partial charge on any atom is -0.469 e. The predicted molar refractivity (Wildman–Crippen MR) is 88.0 cm³/mol. The Morgan fingerprint density at radius 1 is 1.42 bits per heavy atom. The number of hydrogen-bond donors (Lipinski definition) is 1. The van der Waals surface area contributed by atoms with Crippen molar-refractivity contribution in [3.63, 3.8) is 0 Å². The third-order valence-corrected chi connectivity index (χ3v) is 5.45. The zero-order chi connectivity index (χ0) is 17.2. The number of hydrogen-bond acceptors (Lipinski definition) is 5. The second kappa shape index (κ2) is 6.36. The Balaban J connectivity index is 1.94. The molecule has 1 N–H and O–H groups in total. The number of aromatic nitrogens is 3. The Hall–Kier alpha value is -2.21. The fraction of sp³-hybridized carbons (Fsp3) is 0.500. The van der Waals surface area contributed by atoms with Crippen LogP contribution >= 0.6 is 0 Å². The first kappa shape index (κ1) is 16.6. The summed E-state index contributed by atoms with van der Waals surface area (Å²) in [5.41, 5.74) is -1.06. The number of nitrogens with zero attached hydrogens (tertiary/aromatic N) is 3. The Morgan fingerprint density at radius 2 is 2.17 bits per heavy atom. The second-order valence-electron chi connectivity index (χ2n) is 6.77. The van der Waals surface area contributed by atoms with Gasteiger partial charge < -0.3 is 9.84 Å². The molecule has 1 aliphatic carbocycles. The van der Waals surface area contributed by atoms with E-state index in [-0.39, 0.29) is 18.4 Å². The topological polar surface area (TPSA) is 77.2 Å². The van der Waals surface area contributed by atoms with Crippen LogP contribution in [0.15, 0.2) is 43.0 Å². The Labute approximate surface area is 141 Å². The van der Waals surface area contributed by atoms with E-state index in [4.69, 9.17) is 4.74 Å². The third-order valence-electron chi connectivity index (χ3n) is 5.45. The summed E-state index contributed by atoms with van der Waals surface area (Å²) in [7, 11) is 1.37. The maximum Gasteiger partial charge on any atom is 0.314 e. The molecule has 1 fully saturated rings. The normalized spacial score (nSPS) is 29.5. The van der Waals surface area contributed by atoms with E-state index >= 15 is 0 Å². The number of aliphatic hydroxyl groups is 1. The molecular weight excluding hydrogens is 306 g/mol. The molecule has 0 bridgehead atoms. The van der Waals surface area contributed by atoms with Crippen molar-refractivity contribution in [3.8, 4) is 0 Å². The Morgan fingerprint density at radius 3 is 2.79 bits per heavy atom. The summed E-state index contributed by atoms with van der Waals surface area (Å²) >= 11 is 0. The zero-order valence-corrected chi connectivity index (χ0v) is 14.1. The highest BCUT2D eigenvalue weighted by Gasteiger charge is 2.61. The number of benzene rings is 1. The molecule has 6 nitrogen and oxygen atoms in total. The lowest BCUT2D eigenvalue weighted by Crippen LogP contribution is -2.54. The highest BCUT2D eigenvalue weighted by molar-refractivity contribution is 5.78. The van der Waals surface area contributed by atoms with E-state index in [1.54, 1.807) is 17.9 Å². The first-order chi connectivity index (χ1) is 11.5. The summed E-state index contributed by atoms with van der Waals surface area (Å²) in [6.45, 7) is 2.01. The lowest BCUT2D eigenvalue weighted by Gasteiger charge is -2.40. The summed E-state index contributed by atoms with van der Waals surface area (Å²) in [5.74, 6) is -0.436. The van der Waals surface area contributed by atoms with Crippen molar-refractivity contribution in [2.75, 3.05) is 7.11 Å². The standard InChI is InChI=1S/C18H23N3O3/c1-17(16(22)24-2)9-8-15(10-14-6-4-3-5-7-14)18(17,23)11-21-13-19-12-20-21/h3-7,12-13,15,23H,8-11H2,1-2H3. The van der Waals surface area contributed by atoms with Crippen molar-refractivity contribution in [1.29, 1.82) is 0 Å². The number of methoxy groups -OCH3 is 1. The van der Waals surface area contributed by atoms with Crippen molar-refractivity contribution in [2.45, 2.75) is 38.3 Å². The number of esters is 1. The first-order valence-electron chi connectivity index (χ1n) is 8.17. The average molecular weight is 329 g/mol. The van der Waals surface area contributed by atoms with Crippen LogP contribution in [0.1, 0.15) is 25.3 Å². The van der Waals surface area contributed by atoms with Crippen LogP contribution in [-0.4, -0.2) is 38.6 Å². The van der Waals surface area contributed by atoms with Gasteiger partial charge in [0.25, 0.3) is 0 Å². The molecule has 0 aliphatic heterocycles. The van der Waals surface area contributed by atoms with E-state index in [1.807, 2.05) is 30.3 Å². The van der Waals surface area contributed by atoms with Gasteiger partial charge in [-0.1, -0.05) is 30.3 Å². The number of carbonyl (C=O) groups is 1. The van der Waals surface area contributed by atoms with E-state index in [9.17, 15) is 9.90 Å². The van der Waals surface area contributed by atoms with E-state index in [0.717, 1.165) is 12.0 Å². The average Bonchev–Trinajstić information content (AvgIpc) is 3.18. The molecular formula is C18H23N3O3. The third kappa shape index (κ3) is 2.71.